The maximum atomic E-state index is 9.07. The van der Waals surface area contributed by atoms with Crippen molar-refractivity contribution in [2.45, 2.75) is 6.92 Å². The fraction of sp³-hybridized carbons (Fsp3) is 0.571. The van der Waals surface area contributed by atoms with Gasteiger partial charge in [0.1, 0.15) is 0 Å². The first kappa shape index (κ1) is 13.2. The number of aliphatic hydroxyl groups is 1. The minimum atomic E-state index is 0.276. The van der Waals surface area contributed by atoms with Crippen molar-refractivity contribution in [2.75, 3.05) is 50.0 Å². The van der Waals surface area contributed by atoms with Crippen LogP contribution in [0.2, 0.25) is 0 Å². The Hall–Kier alpha value is -1.26. The average Bonchev–Trinajstić information content (AvgIpc) is 2.40. The smallest absolute Gasteiger partial charge is 0.0468 e. The summed E-state index contributed by atoms with van der Waals surface area (Å²) in [7, 11) is 0. The van der Waals surface area contributed by atoms with Crippen molar-refractivity contribution in [3.63, 3.8) is 0 Å². The number of hydrogen-bond acceptors (Lipinski definition) is 4. The van der Waals surface area contributed by atoms with Gasteiger partial charge in [-0.25, -0.2) is 0 Å². The maximum absolute atomic E-state index is 9.07. The Morgan fingerprint density at radius 3 is 2.33 bits per heavy atom. The number of anilines is 2. The van der Waals surface area contributed by atoms with E-state index in [-0.39, 0.29) is 6.61 Å². The van der Waals surface area contributed by atoms with E-state index in [1.165, 1.54) is 5.69 Å². The fourth-order valence-corrected chi connectivity index (χ4v) is 2.37. The lowest BCUT2D eigenvalue weighted by atomic mass is 10.1. The summed E-state index contributed by atoms with van der Waals surface area (Å²) < 4.78 is 0. The van der Waals surface area contributed by atoms with Crippen LogP contribution in [0.1, 0.15) is 6.92 Å². The van der Waals surface area contributed by atoms with Gasteiger partial charge in [-0.3, -0.25) is 4.90 Å². The van der Waals surface area contributed by atoms with E-state index in [0.717, 1.165) is 38.4 Å². The van der Waals surface area contributed by atoms with Crippen LogP contribution in [0, 0.1) is 5.92 Å². The van der Waals surface area contributed by atoms with Crippen molar-refractivity contribution in [3.05, 3.63) is 24.3 Å². The van der Waals surface area contributed by atoms with Crippen molar-refractivity contribution in [1.29, 1.82) is 0 Å². The third-order valence-corrected chi connectivity index (χ3v) is 3.51. The first-order chi connectivity index (χ1) is 8.69. The maximum Gasteiger partial charge on any atom is 0.0468 e. The van der Waals surface area contributed by atoms with E-state index in [1.54, 1.807) is 0 Å². The molecule has 3 N–H and O–H groups in total. The molecule has 100 valence electrons. The second kappa shape index (κ2) is 6.07. The van der Waals surface area contributed by atoms with Crippen LogP contribution in [0.15, 0.2) is 24.3 Å². The Kier molecular flexibility index (Phi) is 4.44. The Balaban J connectivity index is 1.84. The number of aliphatic hydroxyl groups excluding tert-OH is 1. The molecule has 1 aliphatic rings. The van der Waals surface area contributed by atoms with Gasteiger partial charge in [-0.1, -0.05) is 6.92 Å². The van der Waals surface area contributed by atoms with Gasteiger partial charge in [-0.05, 0) is 30.2 Å². The minimum Gasteiger partial charge on any atom is -0.399 e. The predicted molar refractivity (Wildman–Crippen MR) is 75.8 cm³/mol. The van der Waals surface area contributed by atoms with Crippen LogP contribution in [0.3, 0.4) is 0 Å². The standard InChI is InChI=1S/C14H23N3O/c1-12(11-18)10-16-6-8-17(9-7-16)14-4-2-13(15)3-5-14/h2-5,12,18H,6-11,15H2,1H3. The second-order valence-electron chi connectivity index (χ2n) is 5.17. The van der Waals surface area contributed by atoms with Crippen LogP contribution >= 0.6 is 0 Å². The van der Waals surface area contributed by atoms with E-state index >= 15 is 0 Å². The summed E-state index contributed by atoms with van der Waals surface area (Å²) in [6, 6.07) is 8.08. The predicted octanol–water partition coefficient (Wildman–Crippen LogP) is 1.02. The summed E-state index contributed by atoms with van der Waals surface area (Å²) in [5, 5.41) is 9.07. The Morgan fingerprint density at radius 2 is 1.78 bits per heavy atom. The molecule has 2 rings (SSSR count). The van der Waals surface area contributed by atoms with Gasteiger partial charge in [0.05, 0.1) is 0 Å². The highest BCUT2D eigenvalue weighted by molar-refractivity contribution is 5.53. The summed E-state index contributed by atoms with van der Waals surface area (Å²) in [4.78, 5) is 4.81. The summed E-state index contributed by atoms with van der Waals surface area (Å²) in [5.74, 6) is 0.369. The van der Waals surface area contributed by atoms with E-state index in [0.29, 0.717) is 5.92 Å². The number of nitrogens with two attached hydrogens (primary N) is 1. The Labute approximate surface area is 109 Å². The molecule has 1 aromatic rings. The van der Waals surface area contributed by atoms with Gasteiger partial charge in [-0.15, -0.1) is 0 Å². The van der Waals surface area contributed by atoms with E-state index in [4.69, 9.17) is 10.8 Å². The topological polar surface area (TPSA) is 52.7 Å². The molecule has 4 heteroatoms. The Morgan fingerprint density at radius 1 is 1.17 bits per heavy atom. The van der Waals surface area contributed by atoms with Gasteiger partial charge < -0.3 is 15.7 Å². The minimum absolute atomic E-state index is 0.276. The van der Waals surface area contributed by atoms with Crippen molar-refractivity contribution in [2.24, 2.45) is 5.92 Å². The number of piperazine rings is 1. The SMILES string of the molecule is CC(CO)CN1CCN(c2ccc(N)cc2)CC1. The molecule has 1 heterocycles. The molecular weight excluding hydrogens is 226 g/mol. The molecule has 18 heavy (non-hydrogen) atoms. The number of nitrogen functional groups attached to an aromatic ring is 1. The van der Waals surface area contributed by atoms with E-state index < -0.39 is 0 Å². The van der Waals surface area contributed by atoms with Crippen LogP contribution in [0.4, 0.5) is 11.4 Å². The van der Waals surface area contributed by atoms with Gasteiger partial charge in [0.2, 0.25) is 0 Å². The molecule has 0 amide bonds. The van der Waals surface area contributed by atoms with Crippen molar-refractivity contribution in [1.82, 2.24) is 4.90 Å². The van der Waals surface area contributed by atoms with Crippen molar-refractivity contribution >= 4 is 11.4 Å². The van der Waals surface area contributed by atoms with Crippen molar-refractivity contribution < 1.29 is 5.11 Å². The van der Waals surface area contributed by atoms with Gasteiger partial charge in [0.15, 0.2) is 0 Å². The average molecular weight is 249 g/mol. The highest BCUT2D eigenvalue weighted by Crippen LogP contribution is 2.18. The van der Waals surface area contributed by atoms with Crippen LogP contribution in [-0.4, -0.2) is 49.3 Å². The number of nitrogens with zero attached hydrogens (tertiary/aromatic N) is 2. The molecule has 1 saturated heterocycles. The van der Waals surface area contributed by atoms with E-state index in [1.807, 2.05) is 12.1 Å². The van der Waals surface area contributed by atoms with Crippen LogP contribution in [-0.2, 0) is 0 Å². The first-order valence-electron chi connectivity index (χ1n) is 6.62. The molecule has 4 nitrogen and oxygen atoms in total. The summed E-state index contributed by atoms with van der Waals surface area (Å²) in [6.45, 7) is 7.57. The van der Waals surface area contributed by atoms with Gasteiger partial charge in [-0.2, -0.15) is 0 Å². The van der Waals surface area contributed by atoms with E-state index in [9.17, 15) is 0 Å². The fourth-order valence-electron chi connectivity index (χ4n) is 2.37. The molecule has 0 aliphatic carbocycles. The third kappa shape index (κ3) is 3.37. The first-order valence-corrected chi connectivity index (χ1v) is 6.62. The summed E-state index contributed by atoms with van der Waals surface area (Å²) in [5.41, 5.74) is 7.76. The molecule has 1 aliphatic heterocycles. The molecule has 0 saturated carbocycles. The lowest BCUT2D eigenvalue weighted by Gasteiger charge is -2.37. The van der Waals surface area contributed by atoms with Gasteiger partial charge >= 0.3 is 0 Å². The number of benzene rings is 1. The van der Waals surface area contributed by atoms with E-state index in [2.05, 4.69) is 28.9 Å². The molecule has 1 atom stereocenters. The summed E-state index contributed by atoms with van der Waals surface area (Å²) in [6.07, 6.45) is 0. The zero-order valence-corrected chi connectivity index (χ0v) is 11.0. The number of rotatable bonds is 4. The van der Waals surface area contributed by atoms with Crippen LogP contribution in [0.25, 0.3) is 0 Å². The zero-order chi connectivity index (χ0) is 13.0. The molecule has 1 aromatic carbocycles. The third-order valence-electron chi connectivity index (χ3n) is 3.51. The molecular formula is C14H23N3O. The highest BCUT2D eigenvalue weighted by atomic mass is 16.3. The lowest BCUT2D eigenvalue weighted by molar-refractivity contribution is 0.167. The highest BCUT2D eigenvalue weighted by Gasteiger charge is 2.18. The second-order valence-corrected chi connectivity index (χ2v) is 5.17. The van der Waals surface area contributed by atoms with Crippen LogP contribution < -0.4 is 10.6 Å². The molecule has 1 unspecified atom stereocenters. The van der Waals surface area contributed by atoms with Crippen molar-refractivity contribution in [3.8, 4) is 0 Å². The molecule has 0 aromatic heterocycles. The zero-order valence-electron chi connectivity index (χ0n) is 11.0. The monoisotopic (exact) mass is 249 g/mol. The Bertz CT molecular complexity index is 358. The lowest BCUT2D eigenvalue weighted by Crippen LogP contribution is -2.47. The largest absolute Gasteiger partial charge is 0.399 e. The van der Waals surface area contributed by atoms with Gasteiger partial charge in [0.25, 0.3) is 0 Å². The van der Waals surface area contributed by atoms with Crippen LogP contribution in [0.5, 0.6) is 0 Å². The molecule has 0 spiro atoms. The number of hydrogen-bond donors (Lipinski definition) is 2. The van der Waals surface area contributed by atoms with Gasteiger partial charge in [0, 0.05) is 50.7 Å². The summed E-state index contributed by atoms with van der Waals surface area (Å²) >= 11 is 0. The normalized spacial score (nSPS) is 18.9. The molecule has 0 bridgehead atoms. The molecule has 1 fully saturated rings. The quantitative estimate of drug-likeness (QED) is 0.782. The molecule has 0 radical (unpaired) electrons.